The number of rotatable bonds is 2. The van der Waals surface area contributed by atoms with Crippen molar-refractivity contribution in [2.24, 2.45) is 11.8 Å². The Balaban J connectivity index is 0.00000196. The van der Waals surface area contributed by atoms with Gasteiger partial charge < -0.3 is 10.2 Å². The van der Waals surface area contributed by atoms with E-state index < -0.39 is 5.41 Å². The van der Waals surface area contributed by atoms with Gasteiger partial charge in [0.15, 0.2) is 0 Å². The first kappa shape index (κ1) is 19.6. The van der Waals surface area contributed by atoms with E-state index in [1.807, 2.05) is 12.1 Å². The second kappa shape index (κ2) is 8.26. The van der Waals surface area contributed by atoms with Crippen LogP contribution in [0.15, 0.2) is 24.3 Å². The van der Waals surface area contributed by atoms with Gasteiger partial charge in [0.25, 0.3) is 0 Å². The van der Waals surface area contributed by atoms with E-state index in [2.05, 4.69) is 10.2 Å². The zero-order valence-electron chi connectivity index (χ0n) is 15.4. The topological polar surface area (TPSA) is 32.3 Å². The van der Waals surface area contributed by atoms with E-state index >= 15 is 0 Å². The number of likely N-dealkylation sites (tertiary alicyclic amines) is 1. The van der Waals surface area contributed by atoms with Gasteiger partial charge in [0.1, 0.15) is 5.82 Å². The highest BCUT2D eigenvalue weighted by atomic mass is 35.5. The van der Waals surface area contributed by atoms with Gasteiger partial charge >= 0.3 is 0 Å². The van der Waals surface area contributed by atoms with Crippen LogP contribution in [-0.4, -0.2) is 37.0 Å². The lowest BCUT2D eigenvalue weighted by atomic mass is 9.68. The van der Waals surface area contributed by atoms with Crippen LogP contribution in [0.2, 0.25) is 0 Å². The van der Waals surface area contributed by atoms with Crippen LogP contribution in [0.25, 0.3) is 0 Å². The maximum absolute atomic E-state index is 13.6. The van der Waals surface area contributed by atoms with E-state index in [-0.39, 0.29) is 18.2 Å². The van der Waals surface area contributed by atoms with Gasteiger partial charge in [-0.3, -0.25) is 4.79 Å². The molecule has 4 rings (SSSR count). The first-order valence-electron chi connectivity index (χ1n) is 9.95. The van der Waals surface area contributed by atoms with Crippen molar-refractivity contribution in [1.29, 1.82) is 0 Å². The molecule has 1 amide bonds. The van der Waals surface area contributed by atoms with Crippen LogP contribution < -0.4 is 5.32 Å². The number of benzene rings is 1. The maximum Gasteiger partial charge on any atom is 0.233 e. The van der Waals surface area contributed by atoms with Crippen LogP contribution in [0.1, 0.15) is 50.5 Å². The zero-order valence-corrected chi connectivity index (χ0v) is 16.2. The van der Waals surface area contributed by atoms with Gasteiger partial charge in [0.05, 0.1) is 5.41 Å². The van der Waals surface area contributed by atoms with E-state index in [9.17, 15) is 9.18 Å². The quantitative estimate of drug-likeness (QED) is 0.843. The molecule has 3 aliphatic rings. The second-order valence-electron chi connectivity index (χ2n) is 8.20. The summed E-state index contributed by atoms with van der Waals surface area (Å²) in [6.07, 6.45) is 7.42. The van der Waals surface area contributed by atoms with Crippen LogP contribution in [0.4, 0.5) is 4.39 Å². The molecule has 5 heteroatoms. The van der Waals surface area contributed by atoms with Gasteiger partial charge in [-0.1, -0.05) is 31.4 Å². The molecule has 0 aromatic heterocycles. The average molecular weight is 381 g/mol. The highest BCUT2D eigenvalue weighted by Gasteiger charge is 2.44. The van der Waals surface area contributed by atoms with Crippen LogP contribution in [0.3, 0.4) is 0 Å². The first-order valence-corrected chi connectivity index (χ1v) is 9.95. The summed E-state index contributed by atoms with van der Waals surface area (Å²) in [5.74, 6) is 1.53. The molecule has 0 spiro atoms. The Morgan fingerprint density at radius 3 is 2.15 bits per heavy atom. The summed E-state index contributed by atoms with van der Waals surface area (Å²) < 4.78 is 13.4. The minimum absolute atomic E-state index is 0. The maximum atomic E-state index is 13.6. The molecule has 3 nitrogen and oxygen atoms in total. The first-order chi connectivity index (χ1) is 12.2. The minimum Gasteiger partial charge on any atom is -0.342 e. The Kier molecular flexibility index (Phi) is 6.24. The normalized spacial score (nSPS) is 28.0. The van der Waals surface area contributed by atoms with Gasteiger partial charge in [-0.2, -0.15) is 0 Å². The fourth-order valence-corrected chi connectivity index (χ4v) is 5.27. The Hall–Kier alpha value is -1.13. The Morgan fingerprint density at radius 1 is 1.00 bits per heavy atom. The molecule has 2 aliphatic heterocycles. The van der Waals surface area contributed by atoms with Crippen molar-refractivity contribution < 1.29 is 9.18 Å². The smallest absolute Gasteiger partial charge is 0.233 e. The van der Waals surface area contributed by atoms with Crippen molar-refractivity contribution in [3.8, 4) is 0 Å². The van der Waals surface area contributed by atoms with Crippen molar-refractivity contribution >= 4 is 18.3 Å². The van der Waals surface area contributed by atoms with E-state index in [0.29, 0.717) is 5.91 Å². The van der Waals surface area contributed by atoms with Crippen molar-refractivity contribution in [3.63, 3.8) is 0 Å². The summed E-state index contributed by atoms with van der Waals surface area (Å²) in [6, 6.07) is 6.71. The summed E-state index contributed by atoms with van der Waals surface area (Å²) in [5.41, 5.74) is 0.591. The molecule has 144 valence electrons. The SMILES string of the molecule is Cl.O=C(N1CC[C@@H]2CNC[C@@H]2CC1)C1(c2ccc(F)cc2)CCCCC1. The van der Waals surface area contributed by atoms with E-state index in [4.69, 9.17) is 0 Å². The monoisotopic (exact) mass is 380 g/mol. The third-order valence-corrected chi connectivity index (χ3v) is 6.82. The number of nitrogens with one attached hydrogen (secondary N) is 1. The lowest BCUT2D eigenvalue weighted by molar-refractivity contribution is -0.139. The number of fused-ring (bicyclic) bond motifs is 1. The van der Waals surface area contributed by atoms with Gasteiger partial charge in [-0.05, 0) is 68.3 Å². The van der Waals surface area contributed by atoms with Crippen LogP contribution in [0, 0.1) is 17.7 Å². The molecule has 26 heavy (non-hydrogen) atoms. The summed E-state index contributed by atoms with van der Waals surface area (Å²) in [7, 11) is 0. The lowest BCUT2D eigenvalue weighted by Crippen LogP contribution is -2.48. The Bertz CT molecular complexity index is 601. The summed E-state index contributed by atoms with van der Waals surface area (Å²) >= 11 is 0. The molecule has 1 N–H and O–H groups in total. The van der Waals surface area contributed by atoms with Crippen LogP contribution in [-0.2, 0) is 10.2 Å². The van der Waals surface area contributed by atoms with Crippen LogP contribution >= 0.6 is 12.4 Å². The standard InChI is InChI=1S/C21H29FN2O.ClH/c22-19-6-4-18(5-7-19)21(10-2-1-3-11-21)20(25)24-12-8-16-14-23-15-17(16)9-13-24;/h4-7,16-17,23H,1-3,8-15H2;1H/t16-,17+;. The van der Waals surface area contributed by atoms with Crippen molar-refractivity contribution in [1.82, 2.24) is 10.2 Å². The molecule has 2 heterocycles. The number of nitrogens with zero attached hydrogens (tertiary/aromatic N) is 1. The molecule has 0 unspecified atom stereocenters. The molecule has 1 aromatic rings. The fraction of sp³-hybridized carbons (Fsp3) is 0.667. The van der Waals surface area contributed by atoms with Crippen LogP contribution in [0.5, 0.6) is 0 Å². The molecule has 1 aliphatic carbocycles. The molecule has 2 saturated heterocycles. The number of amides is 1. The molecular formula is C21H30ClFN2O. The number of hydrogen-bond acceptors (Lipinski definition) is 2. The summed E-state index contributed by atoms with van der Waals surface area (Å²) in [6.45, 7) is 3.97. The van der Waals surface area contributed by atoms with Crippen molar-refractivity contribution in [3.05, 3.63) is 35.6 Å². The third-order valence-electron chi connectivity index (χ3n) is 6.82. The van der Waals surface area contributed by atoms with Crippen molar-refractivity contribution in [2.75, 3.05) is 26.2 Å². The zero-order chi connectivity index (χ0) is 17.3. The molecule has 3 fully saturated rings. The van der Waals surface area contributed by atoms with Crippen molar-refractivity contribution in [2.45, 2.75) is 50.4 Å². The number of halogens is 2. The van der Waals surface area contributed by atoms with E-state index in [0.717, 1.165) is 82.1 Å². The average Bonchev–Trinajstić information content (AvgIpc) is 3.01. The molecule has 0 radical (unpaired) electrons. The molecule has 1 saturated carbocycles. The van der Waals surface area contributed by atoms with Gasteiger partial charge in [0.2, 0.25) is 5.91 Å². The Labute approximate surface area is 162 Å². The number of hydrogen-bond donors (Lipinski definition) is 1. The predicted molar refractivity (Wildman–Crippen MR) is 104 cm³/mol. The molecular weight excluding hydrogens is 351 g/mol. The summed E-state index contributed by atoms with van der Waals surface area (Å²) in [4.78, 5) is 15.8. The summed E-state index contributed by atoms with van der Waals surface area (Å²) in [5, 5.41) is 3.50. The number of carbonyl (C=O) groups is 1. The third kappa shape index (κ3) is 3.63. The fourth-order valence-electron chi connectivity index (χ4n) is 5.27. The minimum atomic E-state index is -0.427. The largest absolute Gasteiger partial charge is 0.342 e. The highest BCUT2D eigenvalue weighted by Crippen LogP contribution is 2.42. The molecule has 2 atom stereocenters. The van der Waals surface area contributed by atoms with E-state index in [1.165, 1.54) is 18.6 Å². The van der Waals surface area contributed by atoms with Gasteiger partial charge in [-0.15, -0.1) is 12.4 Å². The lowest BCUT2D eigenvalue weighted by Gasteiger charge is -2.40. The van der Waals surface area contributed by atoms with Gasteiger partial charge in [0, 0.05) is 13.1 Å². The Morgan fingerprint density at radius 2 is 1.58 bits per heavy atom. The van der Waals surface area contributed by atoms with E-state index in [1.54, 1.807) is 0 Å². The second-order valence-corrected chi connectivity index (χ2v) is 8.20. The highest BCUT2D eigenvalue weighted by molar-refractivity contribution is 5.88. The molecule has 0 bridgehead atoms. The predicted octanol–water partition coefficient (Wildman–Crippen LogP) is 3.91. The van der Waals surface area contributed by atoms with Gasteiger partial charge in [-0.25, -0.2) is 4.39 Å². The number of carbonyl (C=O) groups excluding carboxylic acids is 1. The molecule has 1 aromatic carbocycles.